The molecular formula is C17H19N5O2. The summed E-state index contributed by atoms with van der Waals surface area (Å²) < 4.78 is 0. The fraction of sp³-hybridized carbons (Fsp3) is 0.412. The van der Waals surface area contributed by atoms with E-state index >= 15 is 0 Å². The molecule has 1 unspecified atom stereocenters. The lowest BCUT2D eigenvalue weighted by Gasteiger charge is -2.36. The fourth-order valence-electron chi connectivity index (χ4n) is 3.48. The van der Waals surface area contributed by atoms with E-state index in [2.05, 4.69) is 15.3 Å². The van der Waals surface area contributed by atoms with E-state index in [1.807, 2.05) is 21.9 Å². The van der Waals surface area contributed by atoms with Gasteiger partial charge in [-0.15, -0.1) is 0 Å². The predicted molar refractivity (Wildman–Crippen MR) is 88.6 cm³/mol. The van der Waals surface area contributed by atoms with Gasteiger partial charge in [-0.25, -0.2) is 9.78 Å². The zero-order chi connectivity index (χ0) is 16.5. The van der Waals surface area contributed by atoms with E-state index in [0.717, 1.165) is 23.7 Å². The number of amides is 3. The van der Waals surface area contributed by atoms with Crippen LogP contribution < -0.4 is 5.32 Å². The number of hydrogen-bond acceptors (Lipinski definition) is 4. The lowest BCUT2D eigenvalue weighted by atomic mass is 10.0. The summed E-state index contributed by atoms with van der Waals surface area (Å²) >= 11 is 0. The van der Waals surface area contributed by atoms with Gasteiger partial charge in [0, 0.05) is 37.8 Å². The Morgan fingerprint density at radius 2 is 2.17 bits per heavy atom. The summed E-state index contributed by atoms with van der Waals surface area (Å²) in [5, 5.41) is 3.79. The number of nitrogens with one attached hydrogen (secondary N) is 1. The van der Waals surface area contributed by atoms with Gasteiger partial charge >= 0.3 is 6.03 Å². The topological polar surface area (TPSA) is 78.4 Å². The lowest BCUT2D eigenvalue weighted by Crippen LogP contribution is -2.50. The van der Waals surface area contributed by atoms with Crippen LogP contribution in [0.25, 0.3) is 10.9 Å². The molecule has 24 heavy (non-hydrogen) atoms. The molecule has 0 aromatic carbocycles. The Bertz CT molecular complexity index is 793. The first-order valence-electron chi connectivity index (χ1n) is 8.27. The molecule has 0 bridgehead atoms. The Balaban J connectivity index is 1.53. The van der Waals surface area contributed by atoms with Crippen molar-refractivity contribution >= 4 is 22.8 Å². The highest BCUT2D eigenvalue weighted by Gasteiger charge is 2.33. The van der Waals surface area contributed by atoms with Gasteiger partial charge in [-0.05, 0) is 25.0 Å². The third-order valence-corrected chi connectivity index (χ3v) is 4.73. The molecule has 2 fully saturated rings. The number of aromatic nitrogens is 2. The molecule has 0 saturated carbocycles. The largest absolute Gasteiger partial charge is 0.336 e. The summed E-state index contributed by atoms with van der Waals surface area (Å²) in [5.74, 6) is -0.0786. The van der Waals surface area contributed by atoms with Gasteiger partial charge in [0.05, 0.1) is 17.8 Å². The number of likely N-dealkylation sites (tertiary alicyclic amines) is 1. The van der Waals surface area contributed by atoms with Crippen molar-refractivity contribution in [1.29, 1.82) is 0 Å². The van der Waals surface area contributed by atoms with Crippen LogP contribution in [0.5, 0.6) is 0 Å². The Morgan fingerprint density at radius 1 is 1.25 bits per heavy atom. The van der Waals surface area contributed by atoms with E-state index in [4.69, 9.17) is 0 Å². The molecule has 2 aliphatic rings. The summed E-state index contributed by atoms with van der Waals surface area (Å²) in [5.41, 5.74) is 1.15. The van der Waals surface area contributed by atoms with Crippen LogP contribution in [0.15, 0.2) is 30.6 Å². The summed E-state index contributed by atoms with van der Waals surface area (Å²) in [6.45, 7) is 2.67. The van der Waals surface area contributed by atoms with Gasteiger partial charge in [-0.2, -0.15) is 0 Å². The molecule has 0 spiro atoms. The molecule has 2 aromatic rings. The third-order valence-electron chi connectivity index (χ3n) is 4.73. The van der Waals surface area contributed by atoms with Crippen LogP contribution in [0, 0.1) is 0 Å². The molecule has 7 heteroatoms. The summed E-state index contributed by atoms with van der Waals surface area (Å²) in [6, 6.07) is 5.60. The van der Waals surface area contributed by atoms with E-state index in [0.29, 0.717) is 31.9 Å². The van der Waals surface area contributed by atoms with Crippen molar-refractivity contribution in [1.82, 2.24) is 25.1 Å². The third kappa shape index (κ3) is 2.66. The van der Waals surface area contributed by atoms with Crippen LogP contribution in [0.4, 0.5) is 4.79 Å². The maximum absolute atomic E-state index is 12.8. The van der Waals surface area contributed by atoms with Crippen molar-refractivity contribution in [2.75, 3.05) is 26.2 Å². The number of nitrogens with zero attached hydrogens (tertiary/aromatic N) is 4. The SMILES string of the molecule is O=C(c1ccc2ccncc2n1)N1CCCC(N2CCNC2=O)C1. The molecule has 1 N–H and O–H groups in total. The molecule has 2 aromatic heterocycles. The van der Waals surface area contributed by atoms with Crippen molar-refractivity contribution in [2.24, 2.45) is 0 Å². The Morgan fingerprint density at radius 3 is 3.00 bits per heavy atom. The molecule has 7 nitrogen and oxygen atoms in total. The zero-order valence-corrected chi connectivity index (χ0v) is 13.3. The van der Waals surface area contributed by atoms with Crippen LogP contribution in [0.2, 0.25) is 0 Å². The van der Waals surface area contributed by atoms with Gasteiger partial charge in [0.25, 0.3) is 5.91 Å². The molecule has 4 heterocycles. The average Bonchev–Trinajstić information content (AvgIpc) is 3.07. The maximum atomic E-state index is 12.8. The molecule has 1 atom stereocenters. The molecule has 0 aliphatic carbocycles. The molecule has 2 saturated heterocycles. The van der Waals surface area contributed by atoms with E-state index in [1.54, 1.807) is 18.5 Å². The minimum atomic E-state index is -0.0786. The van der Waals surface area contributed by atoms with Crippen LogP contribution in [0.3, 0.4) is 0 Å². The average molecular weight is 325 g/mol. The standard InChI is InChI=1S/C17H19N5O2/c23-16(14-4-3-12-5-6-18-10-15(12)20-14)21-8-1-2-13(11-21)22-9-7-19-17(22)24/h3-6,10,13H,1-2,7-9,11H2,(H,19,24). The van der Waals surface area contributed by atoms with Gasteiger partial charge in [-0.1, -0.05) is 6.07 Å². The van der Waals surface area contributed by atoms with Crippen molar-refractivity contribution < 1.29 is 9.59 Å². The maximum Gasteiger partial charge on any atom is 0.317 e. The Labute approximate surface area is 139 Å². The zero-order valence-electron chi connectivity index (χ0n) is 13.3. The smallest absolute Gasteiger partial charge is 0.317 e. The van der Waals surface area contributed by atoms with Crippen molar-refractivity contribution in [3.05, 3.63) is 36.3 Å². The van der Waals surface area contributed by atoms with Gasteiger partial charge in [0.15, 0.2) is 0 Å². The van der Waals surface area contributed by atoms with Crippen LogP contribution in [-0.2, 0) is 0 Å². The molecule has 124 valence electrons. The first-order chi connectivity index (χ1) is 11.7. The minimum absolute atomic E-state index is 0.0239. The highest BCUT2D eigenvalue weighted by Crippen LogP contribution is 2.20. The normalized spacial score (nSPS) is 21.2. The first-order valence-corrected chi connectivity index (χ1v) is 8.27. The number of urea groups is 1. The Kier molecular flexibility index (Phi) is 3.76. The molecule has 3 amide bonds. The number of hydrogen-bond donors (Lipinski definition) is 1. The monoisotopic (exact) mass is 325 g/mol. The Hall–Kier alpha value is -2.70. The second-order valence-electron chi connectivity index (χ2n) is 6.24. The van der Waals surface area contributed by atoms with E-state index in [9.17, 15) is 9.59 Å². The van der Waals surface area contributed by atoms with Gasteiger partial charge in [0.1, 0.15) is 5.69 Å². The second kappa shape index (κ2) is 6.07. The first kappa shape index (κ1) is 14.9. The highest BCUT2D eigenvalue weighted by molar-refractivity contribution is 5.94. The van der Waals surface area contributed by atoms with Crippen LogP contribution >= 0.6 is 0 Å². The van der Waals surface area contributed by atoms with Gasteiger partial charge in [0.2, 0.25) is 0 Å². The number of fused-ring (bicyclic) bond motifs is 1. The summed E-state index contributed by atoms with van der Waals surface area (Å²) in [4.78, 5) is 36.8. The number of carbonyl (C=O) groups excluding carboxylic acids is 2. The molecular weight excluding hydrogens is 306 g/mol. The van der Waals surface area contributed by atoms with E-state index < -0.39 is 0 Å². The quantitative estimate of drug-likeness (QED) is 0.901. The predicted octanol–water partition coefficient (Wildman–Crippen LogP) is 1.26. The van der Waals surface area contributed by atoms with Crippen molar-refractivity contribution in [2.45, 2.75) is 18.9 Å². The summed E-state index contributed by atoms with van der Waals surface area (Å²) in [6.07, 6.45) is 5.21. The number of rotatable bonds is 2. The van der Waals surface area contributed by atoms with Crippen LogP contribution in [0.1, 0.15) is 23.3 Å². The van der Waals surface area contributed by atoms with E-state index in [1.165, 1.54) is 0 Å². The fourth-order valence-corrected chi connectivity index (χ4v) is 3.48. The highest BCUT2D eigenvalue weighted by atomic mass is 16.2. The van der Waals surface area contributed by atoms with E-state index in [-0.39, 0.29) is 18.0 Å². The van der Waals surface area contributed by atoms with Crippen molar-refractivity contribution in [3.8, 4) is 0 Å². The van der Waals surface area contributed by atoms with Crippen molar-refractivity contribution in [3.63, 3.8) is 0 Å². The second-order valence-corrected chi connectivity index (χ2v) is 6.24. The summed E-state index contributed by atoms with van der Waals surface area (Å²) in [7, 11) is 0. The molecule has 2 aliphatic heterocycles. The lowest BCUT2D eigenvalue weighted by molar-refractivity contribution is 0.0629. The number of piperidine rings is 1. The molecule has 4 rings (SSSR count). The molecule has 0 radical (unpaired) electrons. The van der Waals surface area contributed by atoms with Gasteiger partial charge in [-0.3, -0.25) is 9.78 Å². The number of carbonyl (C=O) groups is 2. The minimum Gasteiger partial charge on any atom is -0.336 e. The van der Waals surface area contributed by atoms with Crippen LogP contribution in [-0.4, -0.2) is 63.9 Å². The van der Waals surface area contributed by atoms with Gasteiger partial charge < -0.3 is 15.1 Å². The number of pyridine rings is 2.